The summed E-state index contributed by atoms with van der Waals surface area (Å²) in [6.07, 6.45) is 0.877. The van der Waals surface area contributed by atoms with Crippen LogP contribution in [0.2, 0.25) is 0 Å². The fraction of sp³-hybridized carbons (Fsp3) is 0.290. The molecule has 3 aromatic carbocycles. The minimum absolute atomic E-state index is 0.0434. The second kappa shape index (κ2) is 12.4. The molecule has 0 radical (unpaired) electrons. The number of amides is 1. The SMILES string of the molecule is CCCOc1ccc(/C(O)=C2/C(=O)C(=O)N(CCOC)C2c2ccc(OCc3ccccc3C)cc2)cc1. The second-order valence-electron chi connectivity index (χ2n) is 9.14. The molecule has 1 unspecified atom stereocenters. The van der Waals surface area contributed by atoms with Gasteiger partial charge in [-0.1, -0.05) is 43.3 Å². The lowest BCUT2D eigenvalue weighted by atomic mass is 9.95. The molecule has 4 rings (SSSR count). The molecule has 198 valence electrons. The molecule has 1 aliphatic rings. The Labute approximate surface area is 223 Å². The van der Waals surface area contributed by atoms with Gasteiger partial charge in [-0.05, 0) is 66.4 Å². The molecule has 1 heterocycles. The first kappa shape index (κ1) is 26.9. The normalized spacial score (nSPS) is 16.6. The Hall–Kier alpha value is -4.10. The highest BCUT2D eigenvalue weighted by Gasteiger charge is 2.45. The van der Waals surface area contributed by atoms with Gasteiger partial charge in [0.05, 0.1) is 24.8 Å². The van der Waals surface area contributed by atoms with Crippen molar-refractivity contribution in [1.82, 2.24) is 4.90 Å². The number of rotatable bonds is 11. The lowest BCUT2D eigenvalue weighted by Crippen LogP contribution is -2.32. The Balaban J connectivity index is 1.64. The van der Waals surface area contributed by atoms with Crippen molar-refractivity contribution in [3.8, 4) is 11.5 Å². The van der Waals surface area contributed by atoms with Gasteiger partial charge in [0, 0.05) is 19.2 Å². The van der Waals surface area contributed by atoms with Crippen molar-refractivity contribution in [2.75, 3.05) is 26.9 Å². The van der Waals surface area contributed by atoms with E-state index >= 15 is 0 Å². The Morgan fingerprint density at radius 1 is 0.895 bits per heavy atom. The zero-order chi connectivity index (χ0) is 27.1. The molecule has 0 saturated carbocycles. The maximum atomic E-state index is 13.1. The number of carbonyl (C=O) groups excluding carboxylic acids is 2. The number of likely N-dealkylation sites (tertiary alicyclic amines) is 1. The van der Waals surface area contributed by atoms with Crippen LogP contribution >= 0.6 is 0 Å². The third-order valence-corrected chi connectivity index (χ3v) is 6.53. The van der Waals surface area contributed by atoms with Gasteiger partial charge in [0.15, 0.2) is 0 Å². The molecule has 0 bridgehead atoms. The number of benzene rings is 3. The first-order valence-electron chi connectivity index (χ1n) is 12.7. The average molecular weight is 516 g/mol. The largest absolute Gasteiger partial charge is 0.507 e. The molecule has 1 fully saturated rings. The first-order valence-corrected chi connectivity index (χ1v) is 12.7. The number of Topliss-reactive ketones (excluding diaryl/α,β-unsaturated/α-hetero) is 1. The van der Waals surface area contributed by atoms with Crippen LogP contribution in [-0.4, -0.2) is 48.6 Å². The number of ether oxygens (including phenoxy) is 3. The van der Waals surface area contributed by atoms with E-state index in [2.05, 4.69) is 0 Å². The number of hydrogen-bond acceptors (Lipinski definition) is 6. The number of aliphatic hydroxyl groups excluding tert-OH is 1. The van der Waals surface area contributed by atoms with Crippen molar-refractivity contribution >= 4 is 17.4 Å². The van der Waals surface area contributed by atoms with Crippen molar-refractivity contribution in [3.05, 3.63) is 101 Å². The predicted octanol–water partition coefficient (Wildman–Crippen LogP) is 5.43. The highest BCUT2D eigenvalue weighted by Crippen LogP contribution is 2.40. The van der Waals surface area contributed by atoms with Gasteiger partial charge in [-0.3, -0.25) is 9.59 Å². The molecule has 1 saturated heterocycles. The lowest BCUT2D eigenvalue weighted by Gasteiger charge is -2.25. The zero-order valence-corrected chi connectivity index (χ0v) is 22.0. The van der Waals surface area contributed by atoms with Crippen molar-refractivity contribution in [1.29, 1.82) is 0 Å². The van der Waals surface area contributed by atoms with Gasteiger partial charge in [-0.2, -0.15) is 0 Å². The Morgan fingerprint density at radius 2 is 1.55 bits per heavy atom. The van der Waals surface area contributed by atoms with Gasteiger partial charge in [0.1, 0.15) is 23.9 Å². The van der Waals surface area contributed by atoms with Gasteiger partial charge < -0.3 is 24.2 Å². The fourth-order valence-corrected chi connectivity index (χ4v) is 4.41. The van der Waals surface area contributed by atoms with Crippen LogP contribution in [0.1, 0.15) is 41.6 Å². The highest BCUT2D eigenvalue weighted by molar-refractivity contribution is 6.46. The Bertz CT molecular complexity index is 1300. The Morgan fingerprint density at radius 3 is 2.21 bits per heavy atom. The molecule has 7 nitrogen and oxygen atoms in total. The number of hydrogen-bond donors (Lipinski definition) is 1. The minimum Gasteiger partial charge on any atom is -0.507 e. The molecular formula is C31H33NO6. The Kier molecular flexibility index (Phi) is 8.81. The van der Waals surface area contributed by atoms with E-state index in [1.807, 2.05) is 62.4 Å². The number of methoxy groups -OCH3 is 1. The predicted molar refractivity (Wildman–Crippen MR) is 145 cm³/mol. The summed E-state index contributed by atoms with van der Waals surface area (Å²) in [4.78, 5) is 27.6. The van der Waals surface area contributed by atoms with Crippen LogP contribution in [0.25, 0.3) is 5.76 Å². The van der Waals surface area contributed by atoms with Crippen LogP contribution < -0.4 is 9.47 Å². The van der Waals surface area contributed by atoms with Gasteiger partial charge in [0.2, 0.25) is 0 Å². The van der Waals surface area contributed by atoms with E-state index in [4.69, 9.17) is 14.2 Å². The molecule has 1 N–H and O–H groups in total. The highest BCUT2D eigenvalue weighted by atomic mass is 16.5. The summed E-state index contributed by atoms with van der Waals surface area (Å²) in [7, 11) is 1.54. The molecule has 0 spiro atoms. The molecule has 0 aliphatic carbocycles. The summed E-state index contributed by atoms with van der Waals surface area (Å²) in [5.74, 6) is -0.295. The quantitative estimate of drug-likeness (QED) is 0.208. The number of nitrogens with zero attached hydrogens (tertiary/aromatic N) is 1. The van der Waals surface area contributed by atoms with Crippen molar-refractivity contribution in [2.24, 2.45) is 0 Å². The molecule has 38 heavy (non-hydrogen) atoms. The molecule has 1 aliphatic heterocycles. The zero-order valence-electron chi connectivity index (χ0n) is 22.0. The molecule has 3 aromatic rings. The molecular weight excluding hydrogens is 482 g/mol. The van der Waals surface area contributed by atoms with Crippen LogP contribution in [-0.2, 0) is 20.9 Å². The number of ketones is 1. The van der Waals surface area contributed by atoms with Gasteiger partial charge >= 0.3 is 0 Å². The third kappa shape index (κ3) is 5.89. The molecule has 0 aromatic heterocycles. The summed E-state index contributed by atoms with van der Waals surface area (Å²) >= 11 is 0. The standard InChI is InChI=1S/C31H33NO6/c1-4-18-37-25-15-11-23(12-16-25)29(33)27-28(32(17-19-36-3)31(35)30(27)34)22-9-13-26(14-10-22)38-20-24-8-6-5-7-21(24)2/h5-16,28,33H,4,17-20H2,1-3H3/b29-27-. The second-order valence-corrected chi connectivity index (χ2v) is 9.14. The average Bonchev–Trinajstić information content (AvgIpc) is 3.19. The van der Waals surface area contributed by atoms with E-state index < -0.39 is 17.7 Å². The van der Waals surface area contributed by atoms with Crippen LogP contribution in [0.4, 0.5) is 0 Å². The number of aryl methyl sites for hydroxylation is 1. The summed E-state index contributed by atoms with van der Waals surface area (Å²) in [6, 6.07) is 21.4. The maximum Gasteiger partial charge on any atom is 0.295 e. The summed E-state index contributed by atoms with van der Waals surface area (Å²) in [6.45, 7) is 5.53. The monoisotopic (exact) mass is 515 g/mol. The van der Waals surface area contributed by atoms with E-state index in [0.29, 0.717) is 35.8 Å². The van der Waals surface area contributed by atoms with Crippen molar-refractivity contribution in [3.63, 3.8) is 0 Å². The molecule has 1 atom stereocenters. The minimum atomic E-state index is -0.758. The fourth-order valence-electron chi connectivity index (χ4n) is 4.41. The molecule has 7 heteroatoms. The van der Waals surface area contributed by atoms with Crippen LogP contribution in [0, 0.1) is 6.92 Å². The topological polar surface area (TPSA) is 85.3 Å². The van der Waals surface area contributed by atoms with E-state index in [0.717, 1.165) is 17.5 Å². The molecule has 1 amide bonds. The summed E-state index contributed by atoms with van der Waals surface area (Å²) in [5.41, 5.74) is 3.41. The van der Waals surface area contributed by atoms with Crippen molar-refractivity contribution in [2.45, 2.75) is 32.9 Å². The van der Waals surface area contributed by atoms with E-state index in [-0.39, 0.29) is 24.5 Å². The smallest absolute Gasteiger partial charge is 0.295 e. The number of carbonyl (C=O) groups is 2. The van der Waals surface area contributed by atoms with Crippen LogP contribution in [0.5, 0.6) is 11.5 Å². The van der Waals surface area contributed by atoms with E-state index in [1.54, 1.807) is 24.3 Å². The number of aliphatic hydroxyl groups is 1. The first-order chi connectivity index (χ1) is 18.4. The van der Waals surface area contributed by atoms with Gasteiger partial charge in [-0.25, -0.2) is 0 Å². The van der Waals surface area contributed by atoms with E-state index in [9.17, 15) is 14.7 Å². The maximum absolute atomic E-state index is 13.1. The van der Waals surface area contributed by atoms with Gasteiger partial charge in [-0.15, -0.1) is 0 Å². The summed E-state index contributed by atoms with van der Waals surface area (Å²) < 4.78 is 16.8. The van der Waals surface area contributed by atoms with Gasteiger partial charge in [0.25, 0.3) is 11.7 Å². The van der Waals surface area contributed by atoms with Crippen LogP contribution in [0.15, 0.2) is 78.4 Å². The third-order valence-electron chi connectivity index (χ3n) is 6.53. The van der Waals surface area contributed by atoms with Crippen molar-refractivity contribution < 1.29 is 28.9 Å². The summed E-state index contributed by atoms with van der Waals surface area (Å²) in [5, 5.41) is 11.2. The van der Waals surface area contributed by atoms with E-state index in [1.165, 1.54) is 12.0 Å². The van der Waals surface area contributed by atoms with Crippen LogP contribution in [0.3, 0.4) is 0 Å². The lowest BCUT2D eigenvalue weighted by molar-refractivity contribution is -0.140.